The van der Waals surface area contributed by atoms with Crippen molar-refractivity contribution in [3.63, 3.8) is 0 Å². The molecule has 0 amide bonds. The fourth-order valence-corrected chi connectivity index (χ4v) is 3.38. The number of carbonyl (C=O) groups excluding carboxylic acids is 1. The summed E-state index contributed by atoms with van der Waals surface area (Å²) in [6.45, 7) is 8.57. The maximum absolute atomic E-state index is 11.2. The number of fused-ring (bicyclic) bond motifs is 1. The van der Waals surface area contributed by atoms with Gasteiger partial charge in [-0.25, -0.2) is 0 Å². The molecule has 0 radical (unpaired) electrons. The minimum atomic E-state index is 0.623. The van der Waals surface area contributed by atoms with Crippen LogP contribution in [0.3, 0.4) is 0 Å². The van der Waals surface area contributed by atoms with Gasteiger partial charge in [0.15, 0.2) is 0 Å². The summed E-state index contributed by atoms with van der Waals surface area (Å²) in [6, 6.07) is 0. The monoisotopic (exact) mass is 218 g/mol. The molecule has 3 atom stereocenters. The van der Waals surface area contributed by atoms with Crippen molar-refractivity contribution < 1.29 is 4.79 Å². The summed E-state index contributed by atoms with van der Waals surface area (Å²) < 4.78 is 0. The molecule has 2 rings (SSSR count). The molecule has 16 heavy (non-hydrogen) atoms. The van der Waals surface area contributed by atoms with Crippen LogP contribution in [0.1, 0.15) is 46.0 Å². The highest BCUT2D eigenvalue weighted by Gasteiger charge is 2.34. The van der Waals surface area contributed by atoms with Crippen molar-refractivity contribution in [1.29, 1.82) is 0 Å². The van der Waals surface area contributed by atoms with Gasteiger partial charge in [-0.2, -0.15) is 0 Å². The first-order valence-corrected chi connectivity index (χ1v) is 6.46. The van der Waals surface area contributed by atoms with Crippen molar-refractivity contribution in [2.75, 3.05) is 0 Å². The molecule has 0 aliphatic heterocycles. The summed E-state index contributed by atoms with van der Waals surface area (Å²) in [5, 5.41) is 0. The summed E-state index contributed by atoms with van der Waals surface area (Å²) in [7, 11) is 0. The molecule has 0 unspecified atom stereocenters. The SMILES string of the molecule is C=C(C)[C@@H]1CCC(C=O)=C2CC[C@H](C)[C@@H]2C1. The van der Waals surface area contributed by atoms with E-state index in [1.54, 1.807) is 0 Å². The van der Waals surface area contributed by atoms with Gasteiger partial charge in [0.1, 0.15) is 6.29 Å². The normalized spacial score (nSPS) is 34.5. The van der Waals surface area contributed by atoms with E-state index in [0.29, 0.717) is 11.8 Å². The third-order valence-corrected chi connectivity index (χ3v) is 4.56. The summed E-state index contributed by atoms with van der Waals surface area (Å²) in [4.78, 5) is 11.2. The predicted molar refractivity (Wildman–Crippen MR) is 67.1 cm³/mol. The highest BCUT2D eigenvalue weighted by Crippen LogP contribution is 2.46. The maximum atomic E-state index is 11.2. The van der Waals surface area contributed by atoms with E-state index in [0.717, 1.165) is 37.0 Å². The Morgan fingerprint density at radius 2 is 2.12 bits per heavy atom. The smallest absolute Gasteiger partial charge is 0.145 e. The number of hydrogen-bond acceptors (Lipinski definition) is 1. The van der Waals surface area contributed by atoms with E-state index in [4.69, 9.17) is 0 Å². The third-order valence-electron chi connectivity index (χ3n) is 4.56. The van der Waals surface area contributed by atoms with Gasteiger partial charge in [-0.05, 0) is 62.4 Å². The maximum Gasteiger partial charge on any atom is 0.145 e. The minimum Gasteiger partial charge on any atom is -0.298 e. The van der Waals surface area contributed by atoms with Gasteiger partial charge in [0.25, 0.3) is 0 Å². The fraction of sp³-hybridized carbons (Fsp3) is 0.667. The van der Waals surface area contributed by atoms with Crippen molar-refractivity contribution in [3.8, 4) is 0 Å². The first-order chi connectivity index (χ1) is 7.63. The first kappa shape index (κ1) is 11.6. The van der Waals surface area contributed by atoms with Gasteiger partial charge < -0.3 is 0 Å². The highest BCUT2D eigenvalue weighted by atomic mass is 16.1. The molecule has 2 aliphatic carbocycles. The summed E-state index contributed by atoms with van der Waals surface area (Å²) in [5.41, 5.74) is 3.88. The molecule has 2 aliphatic rings. The van der Waals surface area contributed by atoms with E-state index in [-0.39, 0.29) is 0 Å². The number of carbonyl (C=O) groups is 1. The van der Waals surface area contributed by atoms with Gasteiger partial charge in [-0.3, -0.25) is 4.79 Å². The summed E-state index contributed by atoms with van der Waals surface area (Å²) in [5.74, 6) is 2.03. The van der Waals surface area contributed by atoms with Crippen LogP contribution in [0.2, 0.25) is 0 Å². The van der Waals surface area contributed by atoms with Crippen LogP contribution in [0.25, 0.3) is 0 Å². The Kier molecular flexibility index (Phi) is 3.32. The van der Waals surface area contributed by atoms with E-state index >= 15 is 0 Å². The quantitative estimate of drug-likeness (QED) is 0.507. The van der Waals surface area contributed by atoms with E-state index in [2.05, 4.69) is 20.4 Å². The average molecular weight is 218 g/mol. The number of aldehydes is 1. The second-order valence-electron chi connectivity index (χ2n) is 5.61. The predicted octanol–water partition coefficient (Wildman–Crippen LogP) is 3.90. The van der Waals surface area contributed by atoms with Crippen molar-refractivity contribution >= 4 is 6.29 Å². The molecule has 0 aromatic rings. The van der Waals surface area contributed by atoms with Crippen molar-refractivity contribution in [1.82, 2.24) is 0 Å². The van der Waals surface area contributed by atoms with Gasteiger partial charge in [0.05, 0.1) is 0 Å². The van der Waals surface area contributed by atoms with E-state index < -0.39 is 0 Å². The van der Waals surface area contributed by atoms with E-state index in [1.807, 2.05) is 0 Å². The molecular formula is C15H22O. The van der Waals surface area contributed by atoms with E-state index in [9.17, 15) is 4.79 Å². The Morgan fingerprint density at radius 3 is 2.75 bits per heavy atom. The molecule has 0 heterocycles. The molecular weight excluding hydrogens is 196 g/mol. The lowest BCUT2D eigenvalue weighted by Gasteiger charge is -2.22. The van der Waals surface area contributed by atoms with Crippen molar-refractivity contribution in [3.05, 3.63) is 23.3 Å². The van der Waals surface area contributed by atoms with Crippen LogP contribution in [0, 0.1) is 17.8 Å². The molecule has 1 fully saturated rings. The fourth-order valence-electron chi connectivity index (χ4n) is 3.38. The number of hydrogen-bond donors (Lipinski definition) is 0. The molecule has 1 heteroatoms. The molecule has 0 aromatic heterocycles. The minimum absolute atomic E-state index is 0.623. The standard InChI is InChI=1S/C15H22O/c1-10(2)12-5-6-13(9-16)14-7-4-11(3)15(14)8-12/h9,11-12,15H,1,4-8H2,2-3H3/t11-,12+,15-/m0/s1. The van der Waals surface area contributed by atoms with Crippen molar-refractivity contribution in [2.45, 2.75) is 46.0 Å². The molecule has 1 nitrogen and oxygen atoms in total. The Morgan fingerprint density at radius 1 is 1.38 bits per heavy atom. The molecule has 0 saturated heterocycles. The molecule has 1 saturated carbocycles. The number of allylic oxidation sites excluding steroid dienone is 3. The Labute approximate surface area is 98.6 Å². The average Bonchev–Trinajstić information content (AvgIpc) is 2.51. The largest absolute Gasteiger partial charge is 0.298 e. The Balaban J connectivity index is 2.27. The van der Waals surface area contributed by atoms with Crippen LogP contribution >= 0.6 is 0 Å². The Bertz CT molecular complexity index is 337. The lowest BCUT2D eigenvalue weighted by atomic mass is 9.83. The third kappa shape index (κ3) is 2.00. The molecule has 0 bridgehead atoms. The van der Waals surface area contributed by atoms with Crippen LogP contribution in [-0.4, -0.2) is 6.29 Å². The topological polar surface area (TPSA) is 17.1 Å². The van der Waals surface area contributed by atoms with E-state index in [1.165, 1.54) is 24.0 Å². The molecule has 88 valence electrons. The van der Waals surface area contributed by atoms with Crippen LogP contribution in [0.15, 0.2) is 23.3 Å². The lowest BCUT2D eigenvalue weighted by Crippen LogP contribution is -2.11. The first-order valence-electron chi connectivity index (χ1n) is 6.46. The van der Waals surface area contributed by atoms with Gasteiger partial charge in [0, 0.05) is 0 Å². The summed E-state index contributed by atoms with van der Waals surface area (Å²) in [6.07, 6.45) is 6.85. The number of rotatable bonds is 2. The lowest BCUT2D eigenvalue weighted by molar-refractivity contribution is -0.105. The van der Waals surface area contributed by atoms with Crippen LogP contribution in [-0.2, 0) is 4.79 Å². The van der Waals surface area contributed by atoms with Gasteiger partial charge in [-0.1, -0.05) is 24.6 Å². The highest BCUT2D eigenvalue weighted by molar-refractivity contribution is 5.75. The molecule has 0 spiro atoms. The Hall–Kier alpha value is -0.850. The van der Waals surface area contributed by atoms with Gasteiger partial charge >= 0.3 is 0 Å². The zero-order chi connectivity index (χ0) is 11.7. The second-order valence-corrected chi connectivity index (χ2v) is 5.61. The van der Waals surface area contributed by atoms with Gasteiger partial charge in [0.2, 0.25) is 0 Å². The van der Waals surface area contributed by atoms with Crippen LogP contribution in [0.5, 0.6) is 0 Å². The van der Waals surface area contributed by atoms with Crippen molar-refractivity contribution in [2.24, 2.45) is 17.8 Å². The van der Waals surface area contributed by atoms with Crippen LogP contribution in [0.4, 0.5) is 0 Å². The van der Waals surface area contributed by atoms with Crippen LogP contribution < -0.4 is 0 Å². The van der Waals surface area contributed by atoms with Gasteiger partial charge in [-0.15, -0.1) is 0 Å². The zero-order valence-corrected chi connectivity index (χ0v) is 10.5. The molecule has 0 aromatic carbocycles. The molecule has 0 N–H and O–H groups in total. The second kappa shape index (κ2) is 4.57. The zero-order valence-electron chi connectivity index (χ0n) is 10.5. The summed E-state index contributed by atoms with van der Waals surface area (Å²) >= 11 is 0.